The number of carbonyl (C=O) groups is 3. The fourth-order valence-electron chi connectivity index (χ4n) is 6.53. The lowest BCUT2D eigenvalue weighted by atomic mass is 9.83. The van der Waals surface area contributed by atoms with E-state index in [1.165, 1.54) is 44.4 Å². The highest BCUT2D eigenvalue weighted by atomic mass is 19.1. The molecule has 2 heterocycles. The number of amides is 3. The number of hydrogen-bond donors (Lipinski definition) is 2. The summed E-state index contributed by atoms with van der Waals surface area (Å²) in [5.74, 6) is 0.0578. The molecular weight excluding hydrogens is 523 g/mol. The van der Waals surface area contributed by atoms with Crippen molar-refractivity contribution >= 4 is 23.4 Å². The number of hydrogen-bond acceptors (Lipinski definition) is 4. The second-order valence-corrected chi connectivity index (χ2v) is 11.7. The standard InChI is InChI=1S/C32H41FN4O4/c1-3-27-20-36(31(39)24-15-25(33)18-26(16-24)35-21(2)38)13-14-37(27)32(40)23-9-10-30(41-28-11-12-34-19-28)29(17-23)22-7-5-4-6-8-22/h9-10,15-18,22,27-28,34H,3-8,11-14,19-20H2,1-2H3,(H,35,38)/p+1/t27-,28-/m0/s1. The maximum Gasteiger partial charge on any atom is 0.254 e. The topological polar surface area (TPSA) is 95.6 Å². The van der Waals surface area contributed by atoms with Crippen molar-refractivity contribution in [3.8, 4) is 5.75 Å². The van der Waals surface area contributed by atoms with Gasteiger partial charge in [0, 0.05) is 55.8 Å². The van der Waals surface area contributed by atoms with Gasteiger partial charge in [-0.25, -0.2) is 4.39 Å². The van der Waals surface area contributed by atoms with Gasteiger partial charge in [-0.15, -0.1) is 0 Å². The van der Waals surface area contributed by atoms with E-state index in [0.717, 1.165) is 43.7 Å². The number of halogens is 1. The van der Waals surface area contributed by atoms with Gasteiger partial charge in [0.25, 0.3) is 11.8 Å². The molecule has 3 N–H and O–H groups in total. The molecule has 5 rings (SSSR count). The SMILES string of the molecule is CC[C@H]1CN(C(=O)c2cc(F)cc(NC(C)=O)c2)CCN1C(=O)c1ccc(O[C@H]2CC[NH2+]C2)c(C2CCCCC2)c1. The van der Waals surface area contributed by atoms with E-state index >= 15 is 0 Å². The molecule has 0 unspecified atom stereocenters. The molecule has 2 aromatic carbocycles. The first-order valence-corrected chi connectivity index (χ1v) is 15.1. The van der Waals surface area contributed by atoms with E-state index in [1.54, 1.807) is 4.90 Å². The van der Waals surface area contributed by atoms with Crippen molar-refractivity contribution < 1.29 is 28.8 Å². The molecule has 9 heteroatoms. The Hall–Kier alpha value is -3.46. The van der Waals surface area contributed by atoms with E-state index in [4.69, 9.17) is 4.74 Å². The Morgan fingerprint density at radius 1 is 1.00 bits per heavy atom. The maximum atomic E-state index is 14.2. The molecule has 8 nitrogen and oxygen atoms in total. The van der Waals surface area contributed by atoms with Crippen molar-refractivity contribution in [1.82, 2.24) is 9.80 Å². The molecule has 41 heavy (non-hydrogen) atoms. The van der Waals surface area contributed by atoms with Crippen LogP contribution in [0.5, 0.6) is 5.75 Å². The summed E-state index contributed by atoms with van der Waals surface area (Å²) in [4.78, 5) is 42.2. The molecule has 0 bridgehead atoms. The number of rotatable bonds is 7. The van der Waals surface area contributed by atoms with Crippen molar-refractivity contribution in [3.63, 3.8) is 0 Å². The zero-order chi connectivity index (χ0) is 28.9. The third kappa shape index (κ3) is 6.89. The van der Waals surface area contributed by atoms with Crippen LogP contribution in [0.25, 0.3) is 0 Å². The largest absolute Gasteiger partial charge is 0.484 e. The lowest BCUT2D eigenvalue weighted by Gasteiger charge is -2.41. The minimum Gasteiger partial charge on any atom is -0.484 e. The summed E-state index contributed by atoms with van der Waals surface area (Å²) in [7, 11) is 0. The average molecular weight is 566 g/mol. The lowest BCUT2D eigenvalue weighted by Crippen LogP contribution is -2.81. The fraction of sp³-hybridized carbons (Fsp3) is 0.531. The summed E-state index contributed by atoms with van der Waals surface area (Å²) in [5.41, 5.74) is 2.24. The van der Waals surface area contributed by atoms with E-state index in [9.17, 15) is 18.8 Å². The summed E-state index contributed by atoms with van der Waals surface area (Å²) >= 11 is 0. The summed E-state index contributed by atoms with van der Waals surface area (Å²) in [5, 5.41) is 4.83. The predicted molar refractivity (Wildman–Crippen MR) is 155 cm³/mol. The van der Waals surface area contributed by atoms with Gasteiger partial charge in [-0.1, -0.05) is 26.2 Å². The van der Waals surface area contributed by atoms with Crippen LogP contribution in [0.4, 0.5) is 10.1 Å². The number of nitrogens with two attached hydrogens (primary N) is 1. The van der Waals surface area contributed by atoms with E-state index in [0.29, 0.717) is 37.5 Å². The van der Waals surface area contributed by atoms with E-state index < -0.39 is 5.82 Å². The third-order valence-electron chi connectivity index (χ3n) is 8.68. The van der Waals surface area contributed by atoms with Crippen LogP contribution in [0.2, 0.25) is 0 Å². The molecule has 0 aromatic heterocycles. The van der Waals surface area contributed by atoms with Crippen molar-refractivity contribution in [3.05, 3.63) is 58.9 Å². The third-order valence-corrected chi connectivity index (χ3v) is 8.68. The number of nitrogens with one attached hydrogen (secondary N) is 1. The van der Waals surface area contributed by atoms with E-state index in [1.807, 2.05) is 24.0 Å². The summed E-state index contributed by atoms with van der Waals surface area (Å²) < 4.78 is 20.7. The molecule has 0 spiro atoms. The second-order valence-electron chi connectivity index (χ2n) is 11.7. The number of carbonyl (C=O) groups excluding carboxylic acids is 3. The molecule has 3 amide bonds. The highest BCUT2D eigenvalue weighted by molar-refractivity contribution is 5.98. The van der Waals surface area contributed by atoms with Crippen LogP contribution in [0.3, 0.4) is 0 Å². The van der Waals surface area contributed by atoms with Crippen molar-refractivity contribution in [2.45, 2.75) is 76.9 Å². The van der Waals surface area contributed by atoms with Crippen LogP contribution in [0.15, 0.2) is 36.4 Å². The monoisotopic (exact) mass is 565 g/mol. The smallest absolute Gasteiger partial charge is 0.254 e. The van der Waals surface area contributed by atoms with Gasteiger partial charge in [0.05, 0.1) is 6.54 Å². The minimum atomic E-state index is -0.590. The Labute approximate surface area is 241 Å². The molecule has 1 saturated carbocycles. The predicted octanol–water partition coefficient (Wildman–Crippen LogP) is 3.92. The molecule has 1 aliphatic carbocycles. The van der Waals surface area contributed by atoms with Gasteiger partial charge in [-0.3, -0.25) is 14.4 Å². The number of nitrogens with zero attached hydrogens (tertiary/aromatic N) is 2. The van der Waals surface area contributed by atoms with Crippen LogP contribution >= 0.6 is 0 Å². The molecule has 2 atom stereocenters. The van der Waals surface area contributed by atoms with E-state index in [-0.39, 0.29) is 41.1 Å². The first kappa shape index (κ1) is 29.0. The highest BCUT2D eigenvalue weighted by Gasteiger charge is 2.33. The Balaban J connectivity index is 1.32. The number of anilines is 1. The van der Waals surface area contributed by atoms with Crippen LogP contribution in [-0.4, -0.2) is 72.4 Å². The number of ether oxygens (including phenoxy) is 1. The molecule has 2 aromatic rings. The van der Waals surface area contributed by atoms with Crippen LogP contribution < -0.4 is 15.4 Å². The number of piperazine rings is 1. The zero-order valence-corrected chi connectivity index (χ0v) is 24.2. The maximum absolute atomic E-state index is 14.2. The van der Waals surface area contributed by atoms with Crippen LogP contribution in [-0.2, 0) is 4.79 Å². The van der Waals surface area contributed by atoms with Gasteiger partial charge >= 0.3 is 0 Å². The van der Waals surface area contributed by atoms with Crippen LogP contribution in [0, 0.1) is 5.82 Å². The number of quaternary nitrogens is 1. The molecule has 2 saturated heterocycles. The fourth-order valence-corrected chi connectivity index (χ4v) is 6.53. The van der Waals surface area contributed by atoms with Gasteiger partial charge in [0.1, 0.15) is 18.1 Å². The Kier molecular flexibility index (Phi) is 9.22. The normalized spacial score (nSPS) is 21.5. The molecular formula is C32H42FN4O4+. The highest BCUT2D eigenvalue weighted by Crippen LogP contribution is 2.39. The summed E-state index contributed by atoms with van der Waals surface area (Å²) in [6.07, 6.45) is 7.83. The molecule has 220 valence electrons. The molecule has 2 aliphatic heterocycles. The Bertz CT molecular complexity index is 1270. The van der Waals surface area contributed by atoms with Crippen molar-refractivity contribution in [2.24, 2.45) is 0 Å². The van der Waals surface area contributed by atoms with Gasteiger partial charge in [-0.2, -0.15) is 0 Å². The zero-order valence-electron chi connectivity index (χ0n) is 24.2. The molecule has 0 radical (unpaired) electrons. The van der Waals surface area contributed by atoms with Crippen LogP contribution in [0.1, 0.15) is 91.0 Å². The average Bonchev–Trinajstić information content (AvgIpc) is 3.49. The lowest BCUT2D eigenvalue weighted by molar-refractivity contribution is -0.638. The van der Waals surface area contributed by atoms with E-state index in [2.05, 4.69) is 16.7 Å². The van der Waals surface area contributed by atoms with Gasteiger partial charge < -0.3 is 25.2 Å². The van der Waals surface area contributed by atoms with Crippen molar-refractivity contribution in [2.75, 3.05) is 38.0 Å². The first-order chi connectivity index (χ1) is 19.8. The van der Waals surface area contributed by atoms with Gasteiger partial charge in [0.2, 0.25) is 5.91 Å². The first-order valence-electron chi connectivity index (χ1n) is 15.1. The Morgan fingerprint density at radius 2 is 1.80 bits per heavy atom. The number of benzene rings is 2. The summed E-state index contributed by atoms with van der Waals surface area (Å²) in [6, 6.07) is 9.65. The second kappa shape index (κ2) is 13.0. The van der Waals surface area contributed by atoms with Gasteiger partial charge in [0.15, 0.2) is 6.10 Å². The summed E-state index contributed by atoms with van der Waals surface area (Å²) in [6.45, 7) is 6.51. The molecule has 3 aliphatic rings. The Morgan fingerprint density at radius 3 is 2.51 bits per heavy atom. The minimum absolute atomic E-state index is 0.0274. The van der Waals surface area contributed by atoms with Gasteiger partial charge in [-0.05, 0) is 67.1 Å². The van der Waals surface area contributed by atoms with Crippen molar-refractivity contribution in [1.29, 1.82) is 0 Å². The quantitative estimate of drug-likeness (QED) is 0.532. The molecule has 3 fully saturated rings.